The predicted octanol–water partition coefficient (Wildman–Crippen LogP) is 4.12. The Morgan fingerprint density at radius 2 is 1.42 bits per heavy atom. The number of hydrogen-bond acceptors (Lipinski definition) is 2. The van der Waals surface area contributed by atoms with Gasteiger partial charge in [0.2, 0.25) is 0 Å². The van der Waals surface area contributed by atoms with Gasteiger partial charge in [-0.1, -0.05) is 41.4 Å². The molecule has 0 N–H and O–H groups in total. The van der Waals surface area contributed by atoms with Gasteiger partial charge in [-0.3, -0.25) is 9.59 Å². The first-order valence-electron chi connectivity index (χ1n) is 8.26. The first-order valence-corrected chi connectivity index (χ1v) is 9.01. The van der Waals surface area contributed by atoms with Gasteiger partial charge in [0.15, 0.2) is 0 Å². The smallest absolute Gasteiger partial charge is 0.258 e. The molecule has 1 aliphatic heterocycles. The Morgan fingerprint density at radius 1 is 0.808 bits per heavy atom. The molecule has 0 aromatic heterocycles. The Balaban J connectivity index is 1.73. The highest BCUT2D eigenvalue weighted by atomic mass is 35.5. The molecule has 0 atom stereocenters. The lowest BCUT2D eigenvalue weighted by atomic mass is 10.1. The van der Waals surface area contributed by atoms with Gasteiger partial charge in [-0.05, 0) is 30.7 Å². The molecule has 26 heavy (non-hydrogen) atoms. The third-order valence-corrected chi connectivity index (χ3v) is 5.00. The molecule has 1 heterocycles. The van der Waals surface area contributed by atoms with E-state index in [-0.39, 0.29) is 16.5 Å². The number of nitrogens with zero attached hydrogens (tertiary/aromatic N) is 2. The quantitative estimate of drug-likeness (QED) is 0.768. The lowest BCUT2D eigenvalue weighted by Gasteiger charge is -2.23. The number of benzene rings is 2. The summed E-state index contributed by atoms with van der Waals surface area (Å²) in [5.41, 5.74) is 0.311. The van der Waals surface area contributed by atoms with Crippen LogP contribution in [0.3, 0.4) is 0 Å². The fourth-order valence-corrected chi connectivity index (χ4v) is 3.45. The average molecular weight is 395 g/mol. The molecule has 0 aliphatic carbocycles. The normalized spacial score (nSPS) is 14.9. The molecule has 7 heteroatoms. The van der Waals surface area contributed by atoms with Gasteiger partial charge in [0.25, 0.3) is 11.8 Å². The van der Waals surface area contributed by atoms with E-state index in [1.807, 2.05) is 0 Å². The standard InChI is InChI=1S/C19H17Cl2FN2O2/c20-14-6-2-1-5-13(14)18(25)23-9-4-10-24(12-11-23)19(26)17-15(21)7-3-8-16(17)22/h1-3,5-8H,4,9-12H2. The molecule has 2 amide bonds. The minimum atomic E-state index is -0.643. The van der Waals surface area contributed by atoms with Gasteiger partial charge in [0.05, 0.1) is 21.2 Å². The van der Waals surface area contributed by atoms with Crippen molar-refractivity contribution in [1.82, 2.24) is 9.80 Å². The van der Waals surface area contributed by atoms with Crippen LogP contribution >= 0.6 is 23.2 Å². The van der Waals surface area contributed by atoms with Gasteiger partial charge in [0, 0.05) is 26.2 Å². The third-order valence-electron chi connectivity index (χ3n) is 4.35. The van der Waals surface area contributed by atoms with Crippen LogP contribution < -0.4 is 0 Å². The number of carbonyl (C=O) groups is 2. The second-order valence-corrected chi connectivity index (χ2v) is 6.83. The summed E-state index contributed by atoms with van der Waals surface area (Å²) in [6, 6.07) is 11.0. The lowest BCUT2D eigenvalue weighted by Crippen LogP contribution is -2.37. The topological polar surface area (TPSA) is 40.6 Å². The highest BCUT2D eigenvalue weighted by Gasteiger charge is 2.26. The summed E-state index contributed by atoms with van der Waals surface area (Å²) >= 11 is 12.1. The maximum Gasteiger partial charge on any atom is 0.258 e. The van der Waals surface area contributed by atoms with Crippen molar-refractivity contribution in [3.63, 3.8) is 0 Å². The highest BCUT2D eigenvalue weighted by molar-refractivity contribution is 6.34. The minimum Gasteiger partial charge on any atom is -0.337 e. The van der Waals surface area contributed by atoms with E-state index < -0.39 is 11.7 Å². The van der Waals surface area contributed by atoms with E-state index in [0.717, 1.165) is 0 Å². The van der Waals surface area contributed by atoms with Gasteiger partial charge in [-0.2, -0.15) is 0 Å². The summed E-state index contributed by atoms with van der Waals surface area (Å²) in [7, 11) is 0. The van der Waals surface area contributed by atoms with E-state index in [0.29, 0.717) is 43.2 Å². The molecule has 136 valence electrons. The molecule has 2 aromatic carbocycles. The van der Waals surface area contributed by atoms with Crippen molar-refractivity contribution in [2.24, 2.45) is 0 Å². The highest BCUT2D eigenvalue weighted by Crippen LogP contribution is 2.22. The van der Waals surface area contributed by atoms with Crippen LogP contribution in [0.2, 0.25) is 10.0 Å². The summed E-state index contributed by atoms with van der Waals surface area (Å²) in [5.74, 6) is -1.27. The lowest BCUT2D eigenvalue weighted by molar-refractivity contribution is 0.0716. The number of halogens is 3. The number of amides is 2. The Kier molecular flexibility index (Phi) is 5.79. The van der Waals surface area contributed by atoms with Crippen LogP contribution in [0.15, 0.2) is 42.5 Å². The average Bonchev–Trinajstić information content (AvgIpc) is 2.87. The maximum atomic E-state index is 14.0. The van der Waals surface area contributed by atoms with Crippen LogP contribution in [-0.2, 0) is 0 Å². The van der Waals surface area contributed by atoms with Gasteiger partial charge in [-0.15, -0.1) is 0 Å². The van der Waals surface area contributed by atoms with E-state index in [4.69, 9.17) is 23.2 Å². The molecule has 0 bridgehead atoms. The Labute approximate surface area is 161 Å². The van der Waals surface area contributed by atoms with Crippen molar-refractivity contribution in [2.75, 3.05) is 26.2 Å². The number of carbonyl (C=O) groups excluding carboxylic acids is 2. The predicted molar refractivity (Wildman–Crippen MR) is 99.3 cm³/mol. The fraction of sp³-hybridized carbons (Fsp3) is 0.263. The van der Waals surface area contributed by atoms with Crippen molar-refractivity contribution < 1.29 is 14.0 Å². The van der Waals surface area contributed by atoms with Gasteiger partial charge in [-0.25, -0.2) is 4.39 Å². The molecule has 1 fully saturated rings. The molecule has 1 saturated heterocycles. The van der Waals surface area contributed by atoms with Crippen LogP contribution in [0, 0.1) is 5.82 Å². The van der Waals surface area contributed by atoms with E-state index in [1.54, 1.807) is 29.2 Å². The maximum absolute atomic E-state index is 14.0. The molecular formula is C19H17Cl2FN2O2. The van der Waals surface area contributed by atoms with Crippen molar-refractivity contribution in [2.45, 2.75) is 6.42 Å². The van der Waals surface area contributed by atoms with Crippen molar-refractivity contribution in [3.05, 3.63) is 69.5 Å². The van der Waals surface area contributed by atoms with Crippen LogP contribution in [0.4, 0.5) is 4.39 Å². The van der Waals surface area contributed by atoms with Gasteiger partial charge >= 0.3 is 0 Å². The number of rotatable bonds is 2. The van der Waals surface area contributed by atoms with Crippen LogP contribution in [0.1, 0.15) is 27.1 Å². The molecule has 0 saturated carbocycles. The summed E-state index contributed by atoms with van der Waals surface area (Å²) in [4.78, 5) is 28.6. The summed E-state index contributed by atoms with van der Waals surface area (Å²) in [5, 5.41) is 0.482. The first kappa shape index (κ1) is 18.7. The monoisotopic (exact) mass is 394 g/mol. The van der Waals surface area contributed by atoms with Crippen LogP contribution in [0.25, 0.3) is 0 Å². The van der Waals surface area contributed by atoms with Crippen molar-refractivity contribution in [1.29, 1.82) is 0 Å². The zero-order valence-corrected chi connectivity index (χ0v) is 15.4. The first-order chi connectivity index (χ1) is 12.5. The molecule has 4 nitrogen and oxygen atoms in total. The molecule has 0 radical (unpaired) electrons. The molecular weight excluding hydrogens is 378 g/mol. The largest absolute Gasteiger partial charge is 0.337 e. The molecule has 3 rings (SSSR count). The van der Waals surface area contributed by atoms with E-state index in [9.17, 15) is 14.0 Å². The van der Waals surface area contributed by atoms with Crippen LogP contribution in [0.5, 0.6) is 0 Å². The van der Waals surface area contributed by atoms with Gasteiger partial charge in [0.1, 0.15) is 5.82 Å². The molecule has 2 aromatic rings. The van der Waals surface area contributed by atoms with E-state index >= 15 is 0 Å². The summed E-state index contributed by atoms with van der Waals surface area (Å²) in [6.07, 6.45) is 0.591. The third kappa shape index (κ3) is 3.84. The van der Waals surface area contributed by atoms with Gasteiger partial charge < -0.3 is 9.80 Å². The Hall–Kier alpha value is -2.11. The fourth-order valence-electron chi connectivity index (χ4n) is 2.99. The summed E-state index contributed by atoms with van der Waals surface area (Å²) < 4.78 is 14.0. The van der Waals surface area contributed by atoms with E-state index in [1.165, 1.54) is 23.1 Å². The molecule has 0 spiro atoms. The molecule has 0 unspecified atom stereocenters. The Morgan fingerprint density at radius 3 is 2.08 bits per heavy atom. The molecule has 1 aliphatic rings. The zero-order chi connectivity index (χ0) is 18.7. The van der Waals surface area contributed by atoms with E-state index in [2.05, 4.69) is 0 Å². The zero-order valence-electron chi connectivity index (χ0n) is 13.9. The summed E-state index contributed by atoms with van der Waals surface area (Å²) in [6.45, 7) is 1.58. The second kappa shape index (κ2) is 8.06. The SMILES string of the molecule is O=C(c1ccccc1Cl)N1CCCN(C(=O)c2c(F)cccc2Cl)CC1. The van der Waals surface area contributed by atoms with Crippen molar-refractivity contribution in [3.8, 4) is 0 Å². The number of hydrogen-bond donors (Lipinski definition) is 0. The minimum absolute atomic E-state index is 0.0863. The van der Waals surface area contributed by atoms with Crippen molar-refractivity contribution >= 4 is 35.0 Å². The second-order valence-electron chi connectivity index (χ2n) is 6.01. The van der Waals surface area contributed by atoms with Crippen LogP contribution in [-0.4, -0.2) is 47.8 Å². The Bertz CT molecular complexity index is 824.